The van der Waals surface area contributed by atoms with Crippen LogP contribution in [-0.4, -0.2) is 13.2 Å². The van der Waals surface area contributed by atoms with Crippen LogP contribution in [0.15, 0.2) is 0 Å². The summed E-state index contributed by atoms with van der Waals surface area (Å²) < 4.78 is 19.9. The first-order valence-electron chi connectivity index (χ1n) is 2.73. The van der Waals surface area contributed by atoms with Gasteiger partial charge in [0.25, 0.3) is 0 Å². The zero-order chi connectivity index (χ0) is 8.04. The minimum atomic E-state index is -3.35. The van der Waals surface area contributed by atoms with Crippen LogP contribution in [0.4, 0.5) is 0 Å². The fourth-order valence-electron chi connectivity index (χ4n) is 0.344. The van der Waals surface area contributed by atoms with Crippen LogP contribution in [0.1, 0.15) is 6.92 Å². The summed E-state index contributed by atoms with van der Waals surface area (Å²) in [6.45, 7) is 1.82. The molecule has 2 N–H and O–H groups in total. The lowest BCUT2D eigenvalue weighted by atomic mass is 10.8. The van der Waals surface area contributed by atoms with Gasteiger partial charge in [-0.15, -0.1) is 6.42 Å². The lowest BCUT2D eigenvalue weighted by Crippen LogP contribution is -2.03. The van der Waals surface area contributed by atoms with Crippen molar-refractivity contribution in [3.8, 4) is 12.3 Å². The van der Waals surface area contributed by atoms with Crippen molar-refractivity contribution in [2.45, 2.75) is 6.92 Å². The lowest BCUT2D eigenvalue weighted by molar-refractivity contribution is 0.231. The summed E-state index contributed by atoms with van der Waals surface area (Å²) in [6.07, 6.45) is 4.82. The molecule has 0 aromatic carbocycles. The molecule has 1 atom stereocenters. The highest BCUT2D eigenvalue weighted by atomic mass is 31.2. The smallest absolute Gasteiger partial charge is 0.297 e. The Morgan fingerprint density at radius 2 is 2.30 bits per heavy atom. The normalized spacial score (nSPS) is 15.7. The van der Waals surface area contributed by atoms with Gasteiger partial charge in [0.05, 0.1) is 6.61 Å². The first kappa shape index (κ1) is 9.67. The number of rotatable bonds is 4. The third-order valence-corrected chi connectivity index (χ3v) is 1.74. The maximum atomic E-state index is 10.8. The highest BCUT2D eigenvalue weighted by Crippen LogP contribution is 2.37. The monoisotopic (exact) mass is 163 g/mol. The molecule has 0 aliphatic rings. The predicted molar refractivity (Wildman–Crippen MR) is 38.2 cm³/mol. The average molecular weight is 163 g/mol. The van der Waals surface area contributed by atoms with Crippen molar-refractivity contribution in [1.82, 2.24) is 0 Å². The summed E-state index contributed by atoms with van der Waals surface area (Å²) in [4.78, 5) is 0. The Bertz CT molecular complexity index is 174. The SMILES string of the molecule is C#CCOP(N)(=O)OCC. The molecule has 0 saturated carbocycles. The van der Waals surface area contributed by atoms with Crippen LogP contribution in [0, 0.1) is 12.3 Å². The van der Waals surface area contributed by atoms with Gasteiger partial charge in [-0.25, -0.2) is 10.1 Å². The van der Waals surface area contributed by atoms with E-state index in [0.717, 1.165) is 0 Å². The molecule has 0 spiro atoms. The van der Waals surface area contributed by atoms with E-state index in [1.54, 1.807) is 6.92 Å². The van der Waals surface area contributed by atoms with Crippen LogP contribution in [0.2, 0.25) is 0 Å². The molecule has 0 aliphatic carbocycles. The lowest BCUT2D eigenvalue weighted by Gasteiger charge is -2.08. The van der Waals surface area contributed by atoms with E-state index in [4.69, 9.17) is 11.9 Å². The van der Waals surface area contributed by atoms with Crippen molar-refractivity contribution in [2.24, 2.45) is 5.50 Å². The minimum Gasteiger partial charge on any atom is -0.297 e. The molecule has 0 saturated heterocycles. The fraction of sp³-hybridized carbons (Fsp3) is 0.600. The van der Waals surface area contributed by atoms with Gasteiger partial charge < -0.3 is 0 Å². The Hall–Kier alpha value is -0.330. The molecule has 0 aromatic heterocycles. The van der Waals surface area contributed by atoms with Crippen molar-refractivity contribution in [3.63, 3.8) is 0 Å². The molecule has 0 bridgehead atoms. The Kier molecular flexibility index (Phi) is 4.33. The van der Waals surface area contributed by atoms with Crippen LogP contribution >= 0.6 is 7.75 Å². The van der Waals surface area contributed by atoms with E-state index < -0.39 is 7.75 Å². The molecule has 0 radical (unpaired) electrons. The van der Waals surface area contributed by atoms with Crippen molar-refractivity contribution in [3.05, 3.63) is 0 Å². The van der Waals surface area contributed by atoms with Gasteiger partial charge >= 0.3 is 7.75 Å². The predicted octanol–water partition coefficient (Wildman–Crippen LogP) is 0.740. The summed E-state index contributed by atoms with van der Waals surface area (Å²) in [7, 11) is -3.35. The molecule has 1 unspecified atom stereocenters. The fourth-order valence-corrected chi connectivity index (χ4v) is 1.03. The summed E-state index contributed by atoms with van der Waals surface area (Å²) in [5.74, 6) is 2.13. The van der Waals surface area contributed by atoms with Gasteiger partial charge in [-0.1, -0.05) is 5.92 Å². The van der Waals surface area contributed by atoms with Gasteiger partial charge in [-0.2, -0.15) is 0 Å². The third-order valence-electron chi connectivity index (χ3n) is 0.637. The van der Waals surface area contributed by atoms with Crippen molar-refractivity contribution in [1.29, 1.82) is 0 Å². The Morgan fingerprint density at radius 1 is 1.70 bits per heavy atom. The van der Waals surface area contributed by atoms with Gasteiger partial charge in [0, 0.05) is 0 Å². The highest BCUT2D eigenvalue weighted by molar-refractivity contribution is 7.51. The molecule has 0 heterocycles. The number of nitrogens with two attached hydrogens (primary N) is 1. The zero-order valence-corrected chi connectivity index (χ0v) is 6.64. The number of hydrogen-bond acceptors (Lipinski definition) is 3. The van der Waals surface area contributed by atoms with Gasteiger partial charge in [0.2, 0.25) is 0 Å². The molecule has 0 fully saturated rings. The van der Waals surface area contributed by atoms with Gasteiger partial charge in [-0.05, 0) is 6.92 Å². The van der Waals surface area contributed by atoms with E-state index in [-0.39, 0.29) is 13.2 Å². The van der Waals surface area contributed by atoms with E-state index >= 15 is 0 Å². The molecular formula is C5H10NO3P. The second-order valence-corrected chi connectivity index (χ2v) is 3.03. The number of terminal acetylenes is 1. The van der Waals surface area contributed by atoms with Crippen molar-refractivity contribution in [2.75, 3.05) is 13.2 Å². The third kappa shape index (κ3) is 4.54. The molecule has 0 aliphatic heterocycles. The van der Waals surface area contributed by atoms with E-state index in [0.29, 0.717) is 0 Å². The maximum Gasteiger partial charge on any atom is 0.403 e. The van der Waals surface area contributed by atoms with Crippen LogP contribution in [-0.2, 0) is 13.6 Å². The average Bonchev–Trinajstić information content (AvgIpc) is 1.84. The van der Waals surface area contributed by atoms with Crippen molar-refractivity contribution < 1.29 is 13.6 Å². The molecule has 4 nitrogen and oxygen atoms in total. The van der Waals surface area contributed by atoms with Crippen LogP contribution in [0.5, 0.6) is 0 Å². The van der Waals surface area contributed by atoms with Gasteiger partial charge in [0.1, 0.15) is 6.61 Å². The number of hydrogen-bond donors (Lipinski definition) is 1. The zero-order valence-electron chi connectivity index (χ0n) is 5.74. The van der Waals surface area contributed by atoms with Gasteiger partial charge in [0.15, 0.2) is 0 Å². The van der Waals surface area contributed by atoms with Crippen LogP contribution in [0.3, 0.4) is 0 Å². The summed E-state index contributed by atoms with van der Waals surface area (Å²) >= 11 is 0. The highest BCUT2D eigenvalue weighted by Gasteiger charge is 2.15. The molecule has 0 rings (SSSR count). The molecule has 0 amide bonds. The largest absolute Gasteiger partial charge is 0.403 e. The summed E-state index contributed by atoms with van der Waals surface area (Å²) in [6, 6.07) is 0. The summed E-state index contributed by atoms with van der Waals surface area (Å²) in [5.41, 5.74) is 5.03. The van der Waals surface area contributed by atoms with Crippen molar-refractivity contribution >= 4 is 7.75 Å². The molecule has 10 heavy (non-hydrogen) atoms. The molecule has 58 valence electrons. The van der Waals surface area contributed by atoms with E-state index in [9.17, 15) is 4.57 Å². The first-order chi connectivity index (χ1) is 4.62. The molecule has 0 aromatic rings. The van der Waals surface area contributed by atoms with E-state index in [1.807, 2.05) is 0 Å². The summed E-state index contributed by atoms with van der Waals surface area (Å²) in [5, 5.41) is 0. The Morgan fingerprint density at radius 3 is 2.70 bits per heavy atom. The standard InChI is InChI=1S/C5H10NO3P/c1-3-5-9-10(6,7)8-4-2/h1H,4-5H2,2H3,(H2,6,7). The second-order valence-electron chi connectivity index (χ2n) is 1.44. The van der Waals surface area contributed by atoms with Gasteiger partial charge in [-0.3, -0.25) is 9.05 Å². The minimum absolute atomic E-state index is 0.0895. The van der Waals surface area contributed by atoms with Crippen LogP contribution < -0.4 is 5.50 Å². The van der Waals surface area contributed by atoms with Crippen LogP contribution in [0.25, 0.3) is 0 Å². The molecule has 5 heteroatoms. The quantitative estimate of drug-likeness (QED) is 0.490. The maximum absolute atomic E-state index is 10.8. The second kappa shape index (κ2) is 4.48. The Balaban J connectivity index is 3.67. The first-order valence-corrected chi connectivity index (χ1v) is 4.34. The Labute approximate surface area is 60.3 Å². The topological polar surface area (TPSA) is 61.5 Å². The molecular weight excluding hydrogens is 153 g/mol. The van der Waals surface area contributed by atoms with E-state index in [1.165, 1.54) is 0 Å². The van der Waals surface area contributed by atoms with E-state index in [2.05, 4.69) is 15.0 Å².